The molecule has 0 saturated carbocycles. The zero-order valence-corrected chi connectivity index (χ0v) is 10.8. The predicted molar refractivity (Wildman–Crippen MR) is 68.5 cm³/mol. The Hall–Kier alpha value is -1.55. The number of ether oxygens (including phenoxy) is 1. The first kappa shape index (κ1) is 12.9. The molecule has 1 aliphatic heterocycles. The maximum Gasteiger partial charge on any atom is 0.325 e. The van der Waals surface area contributed by atoms with Crippen molar-refractivity contribution < 1.29 is 14.6 Å². The summed E-state index contributed by atoms with van der Waals surface area (Å²) in [6.45, 7) is 2.67. The second-order valence-electron chi connectivity index (χ2n) is 5.03. The van der Waals surface area contributed by atoms with Crippen molar-refractivity contribution in [1.29, 1.82) is 0 Å². The Morgan fingerprint density at radius 2 is 2.11 bits per heavy atom. The molecular weight excluding hydrogens is 230 g/mol. The van der Waals surface area contributed by atoms with Crippen LogP contribution in [0.25, 0.3) is 0 Å². The summed E-state index contributed by atoms with van der Waals surface area (Å²) in [5, 5.41) is 12.5. The number of nitrogens with one attached hydrogen (secondary N) is 1. The van der Waals surface area contributed by atoms with Crippen LogP contribution < -0.4 is 5.32 Å². The minimum absolute atomic E-state index is 0.217. The molecule has 2 unspecified atom stereocenters. The van der Waals surface area contributed by atoms with Crippen LogP contribution >= 0.6 is 0 Å². The molecule has 4 heteroatoms. The Bertz CT molecular complexity index is 429. The maximum atomic E-state index is 11.8. The van der Waals surface area contributed by atoms with Gasteiger partial charge in [-0.1, -0.05) is 12.1 Å². The van der Waals surface area contributed by atoms with Crippen molar-refractivity contribution >= 4 is 5.97 Å². The lowest BCUT2D eigenvalue weighted by atomic mass is 9.79. The molecule has 0 spiro atoms. The van der Waals surface area contributed by atoms with E-state index in [2.05, 4.69) is 5.32 Å². The zero-order valence-electron chi connectivity index (χ0n) is 10.8. The van der Waals surface area contributed by atoms with E-state index in [1.807, 2.05) is 19.1 Å². The van der Waals surface area contributed by atoms with Crippen LogP contribution in [0.2, 0.25) is 0 Å². The third kappa shape index (κ3) is 2.48. The lowest BCUT2D eigenvalue weighted by Crippen LogP contribution is -2.54. The number of benzene rings is 1. The second kappa shape index (κ2) is 4.98. The highest BCUT2D eigenvalue weighted by atomic mass is 16.5. The lowest BCUT2D eigenvalue weighted by molar-refractivity contribution is -0.149. The van der Waals surface area contributed by atoms with Gasteiger partial charge in [0.15, 0.2) is 0 Å². The van der Waals surface area contributed by atoms with Gasteiger partial charge in [-0.25, -0.2) is 0 Å². The molecule has 18 heavy (non-hydrogen) atoms. The summed E-state index contributed by atoms with van der Waals surface area (Å²) in [5.41, 5.74) is 0.541. The fourth-order valence-electron chi connectivity index (χ4n) is 2.60. The molecule has 0 aromatic heterocycles. The average molecular weight is 249 g/mol. The summed E-state index contributed by atoms with van der Waals surface area (Å²) in [5.74, 6) is 0.366. The monoisotopic (exact) mass is 249 g/mol. The highest BCUT2D eigenvalue weighted by Crippen LogP contribution is 2.33. The standard InChI is InChI=1S/C14H19NO3/c1-14(13(17)18-2)9-11(7-8-15-14)10-3-5-12(16)6-4-10/h3-6,11,15-16H,7-9H2,1-2H3. The van der Waals surface area contributed by atoms with Crippen LogP contribution in [0.5, 0.6) is 5.75 Å². The highest BCUT2D eigenvalue weighted by molar-refractivity contribution is 5.80. The number of piperidine rings is 1. The van der Waals surface area contributed by atoms with Gasteiger partial charge in [0, 0.05) is 0 Å². The van der Waals surface area contributed by atoms with E-state index in [4.69, 9.17) is 4.74 Å². The van der Waals surface area contributed by atoms with E-state index in [1.165, 1.54) is 7.11 Å². The molecule has 98 valence electrons. The van der Waals surface area contributed by atoms with Crippen LogP contribution in [0.3, 0.4) is 0 Å². The molecular formula is C14H19NO3. The Kier molecular flexibility index (Phi) is 3.57. The summed E-state index contributed by atoms with van der Waals surface area (Å²) in [4.78, 5) is 11.8. The normalized spacial score (nSPS) is 27.8. The minimum Gasteiger partial charge on any atom is -0.508 e. The van der Waals surface area contributed by atoms with Crippen molar-refractivity contribution in [1.82, 2.24) is 5.32 Å². The Labute approximate surface area is 107 Å². The van der Waals surface area contributed by atoms with Gasteiger partial charge in [-0.2, -0.15) is 0 Å². The topological polar surface area (TPSA) is 58.6 Å². The summed E-state index contributed by atoms with van der Waals surface area (Å²) < 4.78 is 4.85. The number of carbonyl (C=O) groups excluding carboxylic acids is 1. The predicted octanol–water partition coefficient (Wildman–Crippen LogP) is 1.79. The number of hydrogen-bond acceptors (Lipinski definition) is 4. The first-order valence-corrected chi connectivity index (χ1v) is 6.17. The summed E-state index contributed by atoms with van der Waals surface area (Å²) >= 11 is 0. The molecule has 2 N–H and O–H groups in total. The van der Waals surface area contributed by atoms with Crippen molar-refractivity contribution in [3.05, 3.63) is 29.8 Å². The van der Waals surface area contributed by atoms with Crippen LogP contribution in [-0.2, 0) is 9.53 Å². The number of hydrogen-bond donors (Lipinski definition) is 2. The fourth-order valence-corrected chi connectivity index (χ4v) is 2.60. The van der Waals surface area contributed by atoms with Crippen molar-refractivity contribution in [2.45, 2.75) is 31.2 Å². The van der Waals surface area contributed by atoms with Crippen molar-refractivity contribution in [2.24, 2.45) is 0 Å². The van der Waals surface area contributed by atoms with E-state index in [1.54, 1.807) is 12.1 Å². The van der Waals surface area contributed by atoms with Crippen molar-refractivity contribution in [3.63, 3.8) is 0 Å². The number of aromatic hydroxyl groups is 1. The Morgan fingerprint density at radius 3 is 2.72 bits per heavy atom. The van der Waals surface area contributed by atoms with Gasteiger partial charge in [-0.3, -0.25) is 4.79 Å². The van der Waals surface area contributed by atoms with Crippen LogP contribution in [0.1, 0.15) is 31.2 Å². The molecule has 0 amide bonds. The van der Waals surface area contributed by atoms with Crippen molar-refractivity contribution in [2.75, 3.05) is 13.7 Å². The van der Waals surface area contributed by atoms with Gasteiger partial charge in [-0.05, 0) is 49.9 Å². The number of rotatable bonds is 2. The average Bonchev–Trinajstić information content (AvgIpc) is 2.38. The number of esters is 1. The van der Waals surface area contributed by atoms with Gasteiger partial charge >= 0.3 is 5.97 Å². The zero-order chi connectivity index (χ0) is 13.2. The van der Waals surface area contributed by atoms with Gasteiger partial charge in [0.1, 0.15) is 11.3 Å². The molecule has 0 bridgehead atoms. The van der Waals surface area contributed by atoms with E-state index in [9.17, 15) is 9.90 Å². The van der Waals surface area contributed by atoms with E-state index >= 15 is 0 Å². The van der Waals surface area contributed by atoms with Gasteiger partial charge in [0.2, 0.25) is 0 Å². The molecule has 1 aromatic rings. The molecule has 4 nitrogen and oxygen atoms in total. The smallest absolute Gasteiger partial charge is 0.325 e. The SMILES string of the molecule is COC(=O)C1(C)CC(c2ccc(O)cc2)CCN1. The first-order chi connectivity index (χ1) is 8.55. The molecule has 0 aliphatic carbocycles. The minimum atomic E-state index is -0.616. The number of phenolic OH excluding ortho intramolecular Hbond substituents is 1. The van der Waals surface area contributed by atoms with Crippen LogP contribution in [0.15, 0.2) is 24.3 Å². The van der Waals surface area contributed by atoms with Gasteiger partial charge in [0.25, 0.3) is 0 Å². The molecule has 0 radical (unpaired) electrons. The number of phenols is 1. The molecule has 2 atom stereocenters. The van der Waals surface area contributed by atoms with Crippen LogP contribution in [0.4, 0.5) is 0 Å². The molecule has 1 heterocycles. The molecule has 1 aliphatic rings. The van der Waals surface area contributed by atoms with Gasteiger partial charge in [-0.15, -0.1) is 0 Å². The Morgan fingerprint density at radius 1 is 1.44 bits per heavy atom. The summed E-state index contributed by atoms with van der Waals surface area (Å²) in [7, 11) is 1.42. The highest BCUT2D eigenvalue weighted by Gasteiger charge is 2.39. The number of methoxy groups -OCH3 is 1. The second-order valence-corrected chi connectivity index (χ2v) is 5.03. The van der Waals surface area contributed by atoms with Crippen molar-refractivity contribution in [3.8, 4) is 5.75 Å². The fraction of sp³-hybridized carbons (Fsp3) is 0.500. The van der Waals surface area contributed by atoms with Gasteiger partial charge in [0.05, 0.1) is 7.11 Å². The van der Waals surface area contributed by atoms with E-state index in [0.29, 0.717) is 12.3 Å². The van der Waals surface area contributed by atoms with Gasteiger partial charge < -0.3 is 15.2 Å². The molecule has 2 rings (SSSR count). The third-order valence-electron chi connectivity index (χ3n) is 3.66. The van der Waals surface area contributed by atoms with E-state index < -0.39 is 5.54 Å². The lowest BCUT2D eigenvalue weighted by Gasteiger charge is -2.37. The first-order valence-electron chi connectivity index (χ1n) is 6.17. The molecule has 1 saturated heterocycles. The third-order valence-corrected chi connectivity index (χ3v) is 3.66. The maximum absolute atomic E-state index is 11.8. The molecule has 1 fully saturated rings. The van der Waals surface area contributed by atoms with E-state index in [0.717, 1.165) is 18.5 Å². The quantitative estimate of drug-likeness (QED) is 0.785. The summed E-state index contributed by atoms with van der Waals surface area (Å²) in [6.07, 6.45) is 1.70. The summed E-state index contributed by atoms with van der Waals surface area (Å²) in [6, 6.07) is 7.21. The number of carbonyl (C=O) groups is 1. The van der Waals surface area contributed by atoms with Crippen LogP contribution in [0, 0.1) is 0 Å². The Balaban J connectivity index is 2.16. The van der Waals surface area contributed by atoms with E-state index in [-0.39, 0.29) is 11.7 Å². The van der Waals surface area contributed by atoms with Crippen LogP contribution in [-0.4, -0.2) is 30.3 Å². The molecule has 1 aromatic carbocycles. The largest absolute Gasteiger partial charge is 0.508 e.